The molecule has 1 aliphatic carbocycles. The van der Waals surface area contributed by atoms with Crippen LogP contribution in [0.15, 0.2) is 17.2 Å². The minimum Gasteiger partial charge on any atom is -0.346 e. The molecule has 106 valence electrons. The zero-order valence-electron chi connectivity index (χ0n) is 11.1. The molecule has 0 bridgehead atoms. The van der Waals surface area contributed by atoms with Crippen LogP contribution < -0.4 is 5.73 Å². The second-order valence-corrected chi connectivity index (χ2v) is 7.41. The maximum atomic E-state index is 12.6. The molecule has 0 aromatic carbocycles. The van der Waals surface area contributed by atoms with E-state index in [1.807, 2.05) is 0 Å². The molecule has 0 unspecified atom stereocenters. The van der Waals surface area contributed by atoms with Crippen LogP contribution >= 0.6 is 0 Å². The summed E-state index contributed by atoms with van der Waals surface area (Å²) in [6.45, 7) is 1.69. The van der Waals surface area contributed by atoms with Crippen LogP contribution in [0, 0.1) is 0 Å². The quantitative estimate of drug-likeness (QED) is 0.909. The van der Waals surface area contributed by atoms with Crippen molar-refractivity contribution >= 4 is 10.0 Å². The molecule has 0 radical (unpaired) electrons. The molecule has 1 aromatic rings. The average molecular weight is 283 g/mol. The Morgan fingerprint density at radius 2 is 1.89 bits per heavy atom. The molecule has 5 nitrogen and oxygen atoms in total. The molecule has 0 atom stereocenters. The van der Waals surface area contributed by atoms with Crippen LogP contribution in [0.2, 0.25) is 0 Å². The lowest BCUT2D eigenvalue weighted by molar-refractivity contribution is 0.346. The molecular weight excluding hydrogens is 262 g/mol. The van der Waals surface area contributed by atoms with E-state index >= 15 is 0 Å². The van der Waals surface area contributed by atoms with Crippen molar-refractivity contribution in [2.45, 2.75) is 49.6 Å². The summed E-state index contributed by atoms with van der Waals surface area (Å²) in [6, 6.07) is 2.21. The summed E-state index contributed by atoms with van der Waals surface area (Å²) in [6.07, 6.45) is 7.10. The fourth-order valence-electron chi connectivity index (χ4n) is 2.75. The lowest BCUT2D eigenvalue weighted by atomic mass is 10.2. The molecule has 6 heteroatoms. The van der Waals surface area contributed by atoms with Gasteiger partial charge in [-0.3, -0.25) is 0 Å². The maximum absolute atomic E-state index is 12.6. The van der Waals surface area contributed by atoms with E-state index in [-0.39, 0.29) is 0 Å². The van der Waals surface area contributed by atoms with Gasteiger partial charge in [0.05, 0.1) is 0 Å². The van der Waals surface area contributed by atoms with Gasteiger partial charge in [0, 0.05) is 37.6 Å². The van der Waals surface area contributed by atoms with Crippen molar-refractivity contribution in [3.63, 3.8) is 0 Å². The Bertz CT molecular complexity index is 554. The fraction of sp³-hybridized carbons (Fsp3) is 0.692. The van der Waals surface area contributed by atoms with Gasteiger partial charge in [-0.15, -0.1) is 0 Å². The van der Waals surface area contributed by atoms with Gasteiger partial charge < -0.3 is 10.3 Å². The average Bonchev–Trinajstić information content (AvgIpc) is 3.18. The Morgan fingerprint density at radius 1 is 1.21 bits per heavy atom. The Balaban J connectivity index is 1.91. The third-order valence-electron chi connectivity index (χ3n) is 4.01. The fourth-order valence-corrected chi connectivity index (χ4v) is 4.32. The second-order valence-electron chi connectivity index (χ2n) is 5.47. The molecule has 0 spiro atoms. The van der Waals surface area contributed by atoms with Crippen LogP contribution in [0.5, 0.6) is 0 Å². The number of rotatable bonds is 4. The number of nitrogens with two attached hydrogens (primary N) is 1. The summed E-state index contributed by atoms with van der Waals surface area (Å²) >= 11 is 0. The van der Waals surface area contributed by atoms with Crippen LogP contribution in [0.3, 0.4) is 0 Å². The number of hydrogen-bond acceptors (Lipinski definition) is 3. The lowest BCUT2D eigenvalue weighted by Gasteiger charge is -2.25. The summed E-state index contributed by atoms with van der Waals surface area (Å²) in [5, 5.41) is 0. The molecule has 2 aliphatic rings. The molecular formula is C13H21N3O2S. The summed E-state index contributed by atoms with van der Waals surface area (Å²) in [5.41, 5.74) is 6.65. The van der Waals surface area contributed by atoms with Crippen LogP contribution in [0.25, 0.3) is 0 Å². The SMILES string of the molecule is NCc1cc(S(=O)(=O)N2CCCCC2)cn1C1CC1. The third-order valence-corrected chi connectivity index (χ3v) is 5.87. The topological polar surface area (TPSA) is 68.3 Å². The zero-order valence-corrected chi connectivity index (χ0v) is 11.9. The molecule has 2 N–H and O–H groups in total. The summed E-state index contributed by atoms with van der Waals surface area (Å²) in [4.78, 5) is 0.418. The van der Waals surface area contributed by atoms with Crippen molar-refractivity contribution in [2.24, 2.45) is 5.73 Å². The van der Waals surface area contributed by atoms with E-state index in [2.05, 4.69) is 4.57 Å². The van der Waals surface area contributed by atoms with E-state index in [0.29, 0.717) is 30.6 Å². The molecule has 2 heterocycles. The van der Waals surface area contributed by atoms with E-state index in [1.54, 1.807) is 16.6 Å². The minimum absolute atomic E-state index is 0.395. The van der Waals surface area contributed by atoms with E-state index in [1.165, 1.54) is 0 Å². The first-order chi connectivity index (χ1) is 9.13. The van der Waals surface area contributed by atoms with Crippen LogP contribution in [-0.4, -0.2) is 30.4 Å². The van der Waals surface area contributed by atoms with Crippen molar-refractivity contribution in [2.75, 3.05) is 13.1 Å². The number of nitrogens with zero attached hydrogens (tertiary/aromatic N) is 2. The molecule has 3 rings (SSSR count). The van der Waals surface area contributed by atoms with Crippen LogP contribution in [0.4, 0.5) is 0 Å². The van der Waals surface area contributed by atoms with Crippen molar-refractivity contribution in [3.05, 3.63) is 18.0 Å². The van der Waals surface area contributed by atoms with E-state index in [0.717, 1.165) is 37.8 Å². The maximum Gasteiger partial charge on any atom is 0.244 e. The van der Waals surface area contributed by atoms with E-state index < -0.39 is 10.0 Å². The molecule has 1 saturated heterocycles. The van der Waals surface area contributed by atoms with Gasteiger partial charge in [0.2, 0.25) is 10.0 Å². The zero-order chi connectivity index (χ0) is 13.5. The highest BCUT2D eigenvalue weighted by molar-refractivity contribution is 7.89. The van der Waals surface area contributed by atoms with Gasteiger partial charge in [-0.1, -0.05) is 6.42 Å². The number of piperidine rings is 1. The summed E-state index contributed by atoms with van der Waals surface area (Å²) < 4.78 is 28.8. The van der Waals surface area contributed by atoms with Gasteiger partial charge in [-0.25, -0.2) is 8.42 Å². The number of aromatic nitrogens is 1. The highest BCUT2D eigenvalue weighted by Gasteiger charge is 2.31. The van der Waals surface area contributed by atoms with Gasteiger partial charge in [0.25, 0.3) is 0 Å². The van der Waals surface area contributed by atoms with Crippen molar-refractivity contribution in [3.8, 4) is 0 Å². The van der Waals surface area contributed by atoms with Gasteiger partial charge in [0.15, 0.2) is 0 Å². The van der Waals surface area contributed by atoms with Gasteiger partial charge >= 0.3 is 0 Å². The largest absolute Gasteiger partial charge is 0.346 e. The molecule has 2 fully saturated rings. The van der Waals surface area contributed by atoms with Crippen LogP contribution in [0.1, 0.15) is 43.8 Å². The normalized spacial score (nSPS) is 21.7. The lowest BCUT2D eigenvalue weighted by Crippen LogP contribution is -2.35. The number of sulfonamides is 1. The smallest absolute Gasteiger partial charge is 0.244 e. The molecule has 1 aliphatic heterocycles. The predicted molar refractivity (Wildman–Crippen MR) is 73.2 cm³/mol. The Kier molecular flexibility index (Phi) is 3.41. The summed E-state index contributed by atoms with van der Waals surface area (Å²) in [7, 11) is -3.32. The first kappa shape index (κ1) is 13.1. The Hall–Kier alpha value is -0.850. The van der Waals surface area contributed by atoms with Crippen LogP contribution in [-0.2, 0) is 16.6 Å². The first-order valence-corrected chi connectivity index (χ1v) is 8.48. The minimum atomic E-state index is -3.32. The van der Waals surface area contributed by atoms with Gasteiger partial charge in [-0.2, -0.15) is 4.31 Å². The Labute approximate surface area is 114 Å². The van der Waals surface area contributed by atoms with Gasteiger partial charge in [0.1, 0.15) is 4.90 Å². The highest BCUT2D eigenvalue weighted by Crippen LogP contribution is 2.37. The van der Waals surface area contributed by atoms with Crippen molar-refractivity contribution in [1.82, 2.24) is 8.87 Å². The number of hydrogen-bond donors (Lipinski definition) is 1. The predicted octanol–water partition coefficient (Wildman–Crippen LogP) is 1.46. The molecule has 19 heavy (non-hydrogen) atoms. The summed E-state index contributed by atoms with van der Waals surface area (Å²) in [5.74, 6) is 0. The molecule has 1 aromatic heterocycles. The first-order valence-electron chi connectivity index (χ1n) is 7.04. The van der Waals surface area contributed by atoms with E-state index in [9.17, 15) is 8.42 Å². The van der Waals surface area contributed by atoms with Crippen molar-refractivity contribution in [1.29, 1.82) is 0 Å². The highest BCUT2D eigenvalue weighted by atomic mass is 32.2. The Morgan fingerprint density at radius 3 is 2.47 bits per heavy atom. The standard InChI is InChI=1S/C13H21N3O2S/c14-9-12-8-13(10-16(12)11-4-5-11)19(17,18)15-6-2-1-3-7-15/h8,10-11H,1-7,9,14H2. The van der Waals surface area contributed by atoms with Crippen molar-refractivity contribution < 1.29 is 8.42 Å². The third kappa shape index (κ3) is 2.44. The molecule has 1 saturated carbocycles. The molecule has 0 amide bonds. The monoisotopic (exact) mass is 283 g/mol. The van der Waals surface area contributed by atoms with Gasteiger partial charge in [-0.05, 0) is 31.7 Å². The second kappa shape index (κ2) is 4.92. The van der Waals surface area contributed by atoms with E-state index in [4.69, 9.17) is 5.73 Å².